The number of rotatable bonds is 2. The highest BCUT2D eigenvalue weighted by atomic mass is 16.1. The zero-order chi connectivity index (χ0) is 12.3. The molecule has 0 atom stereocenters. The van der Waals surface area contributed by atoms with E-state index in [0.29, 0.717) is 5.69 Å². The summed E-state index contributed by atoms with van der Waals surface area (Å²) >= 11 is 0. The standard InChI is InChI=1S/C12H14N4O/c1-9(17)10-2-4-16(5-3-10)12-8-14-11(6-13)7-15-12/h7-8,10H,2-5H2,1H3. The van der Waals surface area contributed by atoms with E-state index in [1.807, 2.05) is 6.07 Å². The molecule has 0 N–H and O–H groups in total. The van der Waals surface area contributed by atoms with Crippen LogP contribution in [0.4, 0.5) is 5.82 Å². The first-order chi connectivity index (χ1) is 8.20. The molecule has 0 amide bonds. The SMILES string of the molecule is CC(=O)C1CCN(c2cnc(C#N)cn2)CC1. The van der Waals surface area contributed by atoms with Gasteiger partial charge in [-0.15, -0.1) is 0 Å². The van der Waals surface area contributed by atoms with Crippen LogP contribution in [0.25, 0.3) is 0 Å². The Morgan fingerprint density at radius 3 is 2.59 bits per heavy atom. The second-order valence-corrected chi connectivity index (χ2v) is 4.24. The van der Waals surface area contributed by atoms with Crippen molar-refractivity contribution < 1.29 is 4.79 Å². The van der Waals surface area contributed by atoms with Crippen LogP contribution in [0, 0.1) is 17.2 Å². The lowest BCUT2D eigenvalue weighted by atomic mass is 9.93. The van der Waals surface area contributed by atoms with Crippen molar-refractivity contribution >= 4 is 11.6 Å². The van der Waals surface area contributed by atoms with Crippen LogP contribution >= 0.6 is 0 Å². The Morgan fingerprint density at radius 2 is 2.12 bits per heavy atom. The van der Waals surface area contributed by atoms with E-state index < -0.39 is 0 Å². The van der Waals surface area contributed by atoms with Crippen LogP contribution in [-0.4, -0.2) is 28.8 Å². The van der Waals surface area contributed by atoms with Gasteiger partial charge in [-0.25, -0.2) is 9.97 Å². The second-order valence-electron chi connectivity index (χ2n) is 4.24. The third-order valence-corrected chi connectivity index (χ3v) is 3.15. The van der Waals surface area contributed by atoms with Crippen LogP contribution in [0.2, 0.25) is 0 Å². The molecule has 5 nitrogen and oxygen atoms in total. The van der Waals surface area contributed by atoms with Crippen molar-refractivity contribution in [3.63, 3.8) is 0 Å². The van der Waals surface area contributed by atoms with Gasteiger partial charge in [0.15, 0.2) is 5.69 Å². The summed E-state index contributed by atoms with van der Waals surface area (Å²) in [6.07, 6.45) is 4.84. The molecular formula is C12H14N4O. The Hall–Kier alpha value is -1.96. The lowest BCUT2D eigenvalue weighted by molar-refractivity contribution is -0.121. The first kappa shape index (κ1) is 11.5. The van der Waals surface area contributed by atoms with Gasteiger partial charge in [0.2, 0.25) is 0 Å². The van der Waals surface area contributed by atoms with Crippen LogP contribution in [0.15, 0.2) is 12.4 Å². The number of hydrogen-bond acceptors (Lipinski definition) is 5. The number of aromatic nitrogens is 2. The number of carbonyl (C=O) groups is 1. The highest BCUT2D eigenvalue weighted by Crippen LogP contribution is 2.21. The van der Waals surface area contributed by atoms with E-state index in [0.717, 1.165) is 31.7 Å². The van der Waals surface area contributed by atoms with Crippen LogP contribution in [-0.2, 0) is 4.79 Å². The highest BCUT2D eigenvalue weighted by Gasteiger charge is 2.22. The second kappa shape index (κ2) is 4.91. The van der Waals surface area contributed by atoms with Gasteiger partial charge in [0.05, 0.1) is 12.4 Å². The molecule has 0 aliphatic carbocycles. The first-order valence-corrected chi connectivity index (χ1v) is 5.68. The van der Waals surface area contributed by atoms with Gasteiger partial charge in [-0.3, -0.25) is 4.79 Å². The maximum atomic E-state index is 11.2. The summed E-state index contributed by atoms with van der Waals surface area (Å²) in [5.41, 5.74) is 0.326. The fourth-order valence-corrected chi connectivity index (χ4v) is 2.06. The fraction of sp³-hybridized carbons (Fsp3) is 0.500. The van der Waals surface area contributed by atoms with E-state index in [1.165, 1.54) is 6.20 Å². The van der Waals surface area contributed by atoms with E-state index in [-0.39, 0.29) is 11.7 Å². The molecule has 0 radical (unpaired) electrons. The predicted octanol–water partition coefficient (Wildman–Crippen LogP) is 1.15. The van der Waals surface area contributed by atoms with Crippen LogP contribution in [0.5, 0.6) is 0 Å². The predicted molar refractivity (Wildman–Crippen MR) is 62.4 cm³/mol. The van der Waals surface area contributed by atoms with E-state index in [4.69, 9.17) is 5.26 Å². The Balaban J connectivity index is 2.00. The number of Topliss-reactive ketones (excluding diaryl/α,β-unsaturated/α-hetero) is 1. The maximum absolute atomic E-state index is 11.2. The van der Waals surface area contributed by atoms with Crippen LogP contribution < -0.4 is 4.90 Å². The zero-order valence-electron chi connectivity index (χ0n) is 9.76. The molecule has 1 fully saturated rings. The number of nitrogens with zero attached hydrogens (tertiary/aromatic N) is 4. The third kappa shape index (κ3) is 2.59. The summed E-state index contributed by atoms with van der Waals surface area (Å²) in [6.45, 7) is 3.30. The average Bonchev–Trinajstić information content (AvgIpc) is 2.39. The number of piperidine rings is 1. The topological polar surface area (TPSA) is 69.9 Å². The van der Waals surface area contributed by atoms with Crippen molar-refractivity contribution in [2.24, 2.45) is 5.92 Å². The number of anilines is 1. The van der Waals surface area contributed by atoms with Crippen molar-refractivity contribution in [3.05, 3.63) is 18.1 Å². The summed E-state index contributed by atoms with van der Waals surface area (Å²) in [6, 6.07) is 1.94. The van der Waals surface area contributed by atoms with Crippen molar-refractivity contribution in [3.8, 4) is 6.07 Å². The molecule has 0 unspecified atom stereocenters. The van der Waals surface area contributed by atoms with Gasteiger partial charge >= 0.3 is 0 Å². The van der Waals surface area contributed by atoms with Crippen LogP contribution in [0.3, 0.4) is 0 Å². The molecule has 5 heteroatoms. The smallest absolute Gasteiger partial charge is 0.158 e. The van der Waals surface area contributed by atoms with Gasteiger partial charge in [0.25, 0.3) is 0 Å². The van der Waals surface area contributed by atoms with Crippen molar-refractivity contribution in [1.29, 1.82) is 5.26 Å². The van der Waals surface area contributed by atoms with E-state index in [9.17, 15) is 4.79 Å². The Morgan fingerprint density at radius 1 is 1.41 bits per heavy atom. The minimum Gasteiger partial charge on any atom is -0.355 e. The number of hydrogen-bond donors (Lipinski definition) is 0. The lowest BCUT2D eigenvalue weighted by Crippen LogP contribution is -2.36. The van der Waals surface area contributed by atoms with Gasteiger partial charge in [0.1, 0.15) is 17.7 Å². The van der Waals surface area contributed by atoms with Gasteiger partial charge in [-0.05, 0) is 19.8 Å². The van der Waals surface area contributed by atoms with Crippen molar-refractivity contribution in [2.45, 2.75) is 19.8 Å². The molecule has 0 aromatic carbocycles. The molecule has 2 heterocycles. The van der Waals surface area contributed by atoms with E-state index >= 15 is 0 Å². The molecule has 2 rings (SSSR count). The normalized spacial score (nSPS) is 16.6. The Kier molecular flexibility index (Phi) is 3.33. The minimum absolute atomic E-state index is 0.192. The van der Waals surface area contributed by atoms with Gasteiger partial charge in [0, 0.05) is 19.0 Å². The van der Waals surface area contributed by atoms with Gasteiger partial charge in [-0.2, -0.15) is 5.26 Å². The number of ketones is 1. The molecule has 1 aliphatic heterocycles. The largest absolute Gasteiger partial charge is 0.355 e. The van der Waals surface area contributed by atoms with Crippen molar-refractivity contribution in [1.82, 2.24) is 9.97 Å². The maximum Gasteiger partial charge on any atom is 0.158 e. The first-order valence-electron chi connectivity index (χ1n) is 5.68. The molecule has 0 bridgehead atoms. The molecule has 1 aliphatic rings. The third-order valence-electron chi connectivity index (χ3n) is 3.15. The summed E-state index contributed by atoms with van der Waals surface area (Å²) in [5, 5.41) is 8.63. The average molecular weight is 230 g/mol. The number of nitriles is 1. The fourth-order valence-electron chi connectivity index (χ4n) is 2.06. The van der Waals surface area contributed by atoms with E-state index in [1.54, 1.807) is 13.1 Å². The summed E-state index contributed by atoms with van der Waals surface area (Å²) in [5.74, 6) is 1.25. The molecule has 0 saturated carbocycles. The van der Waals surface area contributed by atoms with Gasteiger partial charge < -0.3 is 4.90 Å². The monoisotopic (exact) mass is 230 g/mol. The molecule has 17 heavy (non-hydrogen) atoms. The molecule has 88 valence electrons. The lowest BCUT2D eigenvalue weighted by Gasteiger charge is -2.31. The summed E-state index contributed by atoms with van der Waals surface area (Å²) in [4.78, 5) is 21.5. The van der Waals surface area contributed by atoms with E-state index in [2.05, 4.69) is 14.9 Å². The molecule has 1 saturated heterocycles. The molecule has 1 aromatic heterocycles. The summed E-state index contributed by atoms with van der Waals surface area (Å²) in [7, 11) is 0. The Labute approximate surface area is 100 Å². The molecule has 1 aromatic rings. The van der Waals surface area contributed by atoms with Crippen LogP contribution in [0.1, 0.15) is 25.5 Å². The Bertz CT molecular complexity index is 441. The zero-order valence-corrected chi connectivity index (χ0v) is 9.76. The summed E-state index contributed by atoms with van der Waals surface area (Å²) < 4.78 is 0. The molecular weight excluding hydrogens is 216 g/mol. The quantitative estimate of drug-likeness (QED) is 0.762. The molecule has 0 spiro atoms. The number of carbonyl (C=O) groups excluding carboxylic acids is 1. The van der Waals surface area contributed by atoms with Gasteiger partial charge in [-0.1, -0.05) is 0 Å². The minimum atomic E-state index is 0.192. The highest BCUT2D eigenvalue weighted by molar-refractivity contribution is 5.78. The van der Waals surface area contributed by atoms with Crippen molar-refractivity contribution in [2.75, 3.05) is 18.0 Å².